The van der Waals surface area contributed by atoms with E-state index >= 15 is 0 Å². The maximum Gasteiger partial charge on any atom is 0.177 e. The van der Waals surface area contributed by atoms with Crippen molar-refractivity contribution in [2.45, 2.75) is 6.92 Å². The minimum absolute atomic E-state index is 0.799. The molecule has 0 heterocycles. The van der Waals surface area contributed by atoms with Gasteiger partial charge in [0.25, 0.3) is 0 Å². The molecule has 0 aliphatic heterocycles. The smallest absolute Gasteiger partial charge is 0.177 e. The molecule has 0 aromatic heterocycles. The van der Waals surface area contributed by atoms with Crippen LogP contribution in [0.4, 0.5) is 8.78 Å². The highest BCUT2D eigenvalue weighted by atomic mass is 79.9. The molecule has 0 aliphatic rings. The number of rotatable bonds is 2. The molecule has 0 saturated heterocycles. The second kappa shape index (κ2) is 5.29. The van der Waals surface area contributed by atoms with Crippen LogP contribution in [0.2, 0.25) is 0 Å². The first-order chi connectivity index (χ1) is 4.72. The van der Waals surface area contributed by atoms with E-state index in [9.17, 15) is 8.78 Å². The first-order valence-electron chi connectivity index (χ1n) is 2.52. The Morgan fingerprint density at radius 1 is 1.40 bits per heavy atom. The van der Waals surface area contributed by atoms with Crippen molar-refractivity contribution in [3.05, 3.63) is 22.8 Å². The Morgan fingerprint density at radius 3 is 2.40 bits per heavy atom. The fourth-order valence-corrected chi connectivity index (χ4v) is 0.472. The minimum atomic E-state index is -0.991. The summed E-state index contributed by atoms with van der Waals surface area (Å²) in [5, 5.41) is 0. The van der Waals surface area contributed by atoms with Gasteiger partial charge < -0.3 is 0 Å². The van der Waals surface area contributed by atoms with Crippen LogP contribution in [0.15, 0.2) is 27.8 Å². The molecule has 0 fully saturated rings. The van der Waals surface area contributed by atoms with Crippen molar-refractivity contribution in [1.29, 1.82) is 0 Å². The Hall–Kier alpha value is -0.510. The van der Waals surface area contributed by atoms with Gasteiger partial charge in [-0.25, -0.2) is 8.78 Å². The van der Waals surface area contributed by atoms with Crippen molar-refractivity contribution in [1.82, 2.24) is 0 Å². The lowest BCUT2D eigenvalue weighted by Gasteiger charge is -1.85. The zero-order valence-electron chi connectivity index (χ0n) is 5.31. The van der Waals surface area contributed by atoms with Crippen LogP contribution in [0, 0.1) is 0 Å². The highest BCUT2D eigenvalue weighted by molar-refractivity contribution is 9.11. The van der Waals surface area contributed by atoms with Gasteiger partial charge in [0.05, 0.1) is 6.20 Å². The quantitative estimate of drug-likeness (QED) is 0.490. The molecule has 0 aromatic rings. The summed E-state index contributed by atoms with van der Waals surface area (Å²) in [6.45, 7) is 1.61. The molecule has 0 unspecified atom stereocenters. The Balaban J connectivity index is 4.19. The molecular formula is C6H6BrF2N. The van der Waals surface area contributed by atoms with Gasteiger partial charge in [0.15, 0.2) is 11.7 Å². The number of halogens is 3. The van der Waals surface area contributed by atoms with Gasteiger partial charge in [-0.2, -0.15) is 0 Å². The van der Waals surface area contributed by atoms with Crippen LogP contribution >= 0.6 is 15.9 Å². The summed E-state index contributed by atoms with van der Waals surface area (Å²) in [4.78, 5) is 4.23. The predicted octanol–water partition coefficient (Wildman–Crippen LogP) is 3.09. The highest BCUT2D eigenvalue weighted by Gasteiger charge is 1.98. The highest BCUT2D eigenvalue weighted by Crippen LogP contribution is 2.13. The average molecular weight is 210 g/mol. The van der Waals surface area contributed by atoms with Gasteiger partial charge >= 0.3 is 0 Å². The van der Waals surface area contributed by atoms with Crippen LogP contribution in [0.25, 0.3) is 0 Å². The third-order valence-corrected chi connectivity index (χ3v) is 1.06. The summed E-state index contributed by atoms with van der Waals surface area (Å²) in [7, 11) is 0. The maximum absolute atomic E-state index is 12.3. The Bertz CT molecular complexity index is 184. The van der Waals surface area contributed by atoms with E-state index in [2.05, 4.69) is 20.9 Å². The molecule has 0 saturated carbocycles. The van der Waals surface area contributed by atoms with Gasteiger partial charge in [-0.3, -0.25) is 4.99 Å². The molecule has 1 nitrogen and oxygen atoms in total. The second-order valence-electron chi connectivity index (χ2n) is 1.34. The average Bonchev–Trinajstić information content (AvgIpc) is 1.98. The second-order valence-corrected chi connectivity index (χ2v) is 1.80. The van der Waals surface area contributed by atoms with Crippen molar-refractivity contribution in [3.8, 4) is 0 Å². The van der Waals surface area contributed by atoms with Crippen LogP contribution < -0.4 is 0 Å². The predicted molar refractivity (Wildman–Crippen MR) is 41.5 cm³/mol. The summed E-state index contributed by atoms with van der Waals surface area (Å²) >= 11 is 2.64. The van der Waals surface area contributed by atoms with E-state index < -0.39 is 11.7 Å². The summed E-state index contributed by atoms with van der Waals surface area (Å²) in [6, 6.07) is 0. The summed E-state index contributed by atoms with van der Waals surface area (Å²) in [6.07, 6.45) is 2.16. The van der Waals surface area contributed by atoms with Crippen LogP contribution in [0.3, 0.4) is 0 Å². The normalized spacial score (nSPS) is 14.8. The van der Waals surface area contributed by atoms with E-state index in [0.29, 0.717) is 0 Å². The maximum atomic E-state index is 12.3. The molecule has 0 aliphatic carbocycles. The largest absolute Gasteiger partial charge is 0.266 e. The standard InChI is InChI=1S/C6H6BrF2N/c1-2-10-4-6(9)5(8)3-7/h2-4H,1H3/b5-3-,6-4+,10-2?. The summed E-state index contributed by atoms with van der Waals surface area (Å²) in [5.74, 6) is -1.96. The van der Waals surface area contributed by atoms with E-state index in [4.69, 9.17) is 0 Å². The summed E-state index contributed by atoms with van der Waals surface area (Å²) < 4.78 is 24.4. The van der Waals surface area contributed by atoms with Gasteiger partial charge in [0.1, 0.15) is 0 Å². The van der Waals surface area contributed by atoms with Gasteiger partial charge in [-0.05, 0) is 6.92 Å². The van der Waals surface area contributed by atoms with Crippen molar-refractivity contribution in [2.75, 3.05) is 0 Å². The third-order valence-electron chi connectivity index (χ3n) is 0.661. The molecule has 10 heavy (non-hydrogen) atoms. The van der Waals surface area contributed by atoms with Crippen molar-refractivity contribution in [2.24, 2.45) is 4.99 Å². The van der Waals surface area contributed by atoms with Gasteiger partial charge in [0.2, 0.25) is 0 Å². The summed E-state index contributed by atoms with van der Waals surface area (Å²) in [5.41, 5.74) is 0. The van der Waals surface area contributed by atoms with Crippen LogP contribution in [-0.2, 0) is 0 Å². The number of nitrogens with zero attached hydrogens (tertiary/aromatic N) is 1. The molecule has 4 heteroatoms. The van der Waals surface area contributed by atoms with E-state index in [-0.39, 0.29) is 0 Å². The van der Waals surface area contributed by atoms with Crippen molar-refractivity contribution in [3.63, 3.8) is 0 Å². The molecule has 0 rings (SSSR count). The first-order valence-corrected chi connectivity index (χ1v) is 3.43. The minimum Gasteiger partial charge on any atom is -0.266 e. The molecule has 0 radical (unpaired) electrons. The fraction of sp³-hybridized carbons (Fsp3) is 0.167. The van der Waals surface area contributed by atoms with Gasteiger partial charge in [-0.1, -0.05) is 15.9 Å². The SMILES string of the molecule is CC=N/C=C(F)\C(F)=C\Br. The monoisotopic (exact) mass is 209 g/mol. The Kier molecular flexibility index (Phi) is 5.02. The molecule has 0 bridgehead atoms. The van der Waals surface area contributed by atoms with E-state index in [1.54, 1.807) is 6.92 Å². The Labute approximate surface area is 66.3 Å². The lowest BCUT2D eigenvalue weighted by atomic mass is 10.5. The molecule has 0 spiro atoms. The Morgan fingerprint density at radius 2 is 2.00 bits per heavy atom. The molecule has 0 aromatic carbocycles. The molecule has 0 amide bonds. The van der Waals surface area contributed by atoms with Gasteiger partial charge in [0, 0.05) is 11.2 Å². The molecule has 0 N–H and O–H groups in total. The third kappa shape index (κ3) is 3.50. The van der Waals surface area contributed by atoms with Crippen LogP contribution in [0.5, 0.6) is 0 Å². The van der Waals surface area contributed by atoms with Crippen LogP contribution in [0.1, 0.15) is 6.92 Å². The van der Waals surface area contributed by atoms with E-state index in [1.165, 1.54) is 6.21 Å². The zero-order chi connectivity index (χ0) is 7.98. The number of allylic oxidation sites excluding steroid dienone is 2. The number of hydrogen-bond donors (Lipinski definition) is 0. The molecular weight excluding hydrogens is 204 g/mol. The van der Waals surface area contributed by atoms with E-state index in [0.717, 1.165) is 11.2 Å². The first kappa shape index (κ1) is 9.49. The number of hydrogen-bond acceptors (Lipinski definition) is 1. The lowest BCUT2D eigenvalue weighted by molar-refractivity contribution is 0.545. The number of aliphatic imine (C=N–C) groups is 1. The van der Waals surface area contributed by atoms with E-state index in [1.807, 2.05) is 0 Å². The fourth-order valence-electron chi connectivity index (χ4n) is 0.254. The molecule has 56 valence electrons. The lowest BCUT2D eigenvalue weighted by Crippen LogP contribution is -1.71. The molecule has 0 atom stereocenters. The zero-order valence-corrected chi connectivity index (χ0v) is 6.90. The van der Waals surface area contributed by atoms with Crippen molar-refractivity contribution >= 4 is 22.1 Å². The topological polar surface area (TPSA) is 12.4 Å². The van der Waals surface area contributed by atoms with Crippen molar-refractivity contribution < 1.29 is 8.78 Å². The van der Waals surface area contributed by atoms with Crippen LogP contribution in [-0.4, -0.2) is 6.21 Å². The van der Waals surface area contributed by atoms with Gasteiger partial charge in [-0.15, -0.1) is 0 Å².